The van der Waals surface area contributed by atoms with Crippen LogP contribution in [0.2, 0.25) is 0 Å². The van der Waals surface area contributed by atoms with Gasteiger partial charge in [-0.15, -0.1) is 0 Å². The molecule has 2 aliphatic rings. The zero-order chi connectivity index (χ0) is 7.40. The van der Waals surface area contributed by atoms with Gasteiger partial charge in [0.1, 0.15) is 12.4 Å². The van der Waals surface area contributed by atoms with Crippen LogP contribution in [0.15, 0.2) is 23.5 Å². The molecule has 0 N–H and O–H groups in total. The van der Waals surface area contributed by atoms with Crippen LogP contribution < -0.4 is 0 Å². The normalized spacial score (nSPS) is 17.6. The molecule has 0 atom stereocenters. The van der Waals surface area contributed by atoms with Crippen molar-refractivity contribution in [3.63, 3.8) is 0 Å². The molecular formula is C6H6N3O-. The van der Waals surface area contributed by atoms with Crippen molar-refractivity contribution in [3.8, 4) is 0 Å². The van der Waals surface area contributed by atoms with E-state index in [2.05, 4.69) is 6.08 Å². The van der Waals surface area contributed by atoms with Crippen molar-refractivity contribution in [2.24, 2.45) is 0 Å². The number of hydrogen-bond acceptors (Lipinski definition) is 1. The molecule has 1 aliphatic carbocycles. The topological polar surface area (TPSA) is 67.9 Å². The first kappa shape index (κ1) is 6.71. The Morgan fingerprint density at radius 1 is 1.40 bits per heavy atom. The van der Waals surface area contributed by atoms with Gasteiger partial charge >= 0.3 is 0 Å². The Morgan fingerprint density at radius 3 is 2.20 bits per heavy atom. The van der Waals surface area contributed by atoms with E-state index in [4.69, 9.17) is 15.8 Å². The first-order valence-electron chi connectivity index (χ1n) is 2.86. The molecule has 0 amide bonds. The fraction of sp³-hybridized carbons (Fsp3) is 0.333. The fourth-order valence-corrected chi connectivity index (χ4v) is 0.936. The number of nitrogens with zero attached hydrogens (tertiary/aromatic N) is 3. The Balaban J connectivity index is 0.000000148. The molecule has 10 heavy (non-hydrogen) atoms. The highest BCUT2D eigenvalue weighted by Gasteiger charge is 2.16. The molecule has 0 radical (unpaired) electrons. The molecule has 4 nitrogen and oxygen atoms in total. The molecule has 2 rings (SSSR count). The second-order valence-corrected chi connectivity index (χ2v) is 2.01. The van der Waals surface area contributed by atoms with Gasteiger partial charge in [0.25, 0.3) is 0 Å². The van der Waals surface area contributed by atoms with Crippen molar-refractivity contribution < 1.29 is 4.74 Å². The van der Waals surface area contributed by atoms with Gasteiger partial charge in [0.05, 0.1) is 0 Å². The lowest BCUT2D eigenvalue weighted by atomic mass is 10.3. The molecule has 1 fully saturated rings. The number of fused-ring (bicyclic) bond motifs is 2. The average molecular weight is 136 g/mol. The van der Waals surface area contributed by atoms with Crippen LogP contribution in [0.1, 0.15) is 6.42 Å². The van der Waals surface area contributed by atoms with E-state index >= 15 is 0 Å². The van der Waals surface area contributed by atoms with Gasteiger partial charge in [-0.3, -0.25) is 4.91 Å². The maximum Gasteiger partial charge on any atom is 0.110 e. The van der Waals surface area contributed by atoms with Gasteiger partial charge in [-0.25, -0.2) is 0 Å². The molecule has 1 aliphatic heterocycles. The highest BCUT2D eigenvalue weighted by Crippen LogP contribution is 2.27. The van der Waals surface area contributed by atoms with Crippen LogP contribution in [0.3, 0.4) is 0 Å². The summed E-state index contributed by atoms with van der Waals surface area (Å²) in [6.45, 7) is 0.853. The summed E-state index contributed by atoms with van der Waals surface area (Å²) in [5, 5.41) is 0. The smallest absolute Gasteiger partial charge is 0.110 e. The average Bonchev–Trinajstić information content (AvgIpc) is 2.49. The third-order valence-electron chi connectivity index (χ3n) is 1.35. The SMILES string of the molecule is C1=C2COC(=C1)C2.[N-]=[N+]=[N-]. The van der Waals surface area contributed by atoms with Crippen molar-refractivity contribution in [1.29, 1.82) is 0 Å². The van der Waals surface area contributed by atoms with E-state index in [1.165, 1.54) is 10.5 Å². The lowest BCUT2D eigenvalue weighted by Crippen LogP contribution is -1.82. The molecule has 0 aromatic rings. The monoisotopic (exact) mass is 136 g/mol. The molecule has 0 spiro atoms. The molecule has 52 valence electrons. The van der Waals surface area contributed by atoms with Gasteiger partial charge in [-0.2, -0.15) is 0 Å². The summed E-state index contributed by atoms with van der Waals surface area (Å²) in [6, 6.07) is 0. The minimum Gasteiger partial charge on any atom is -0.493 e. The first-order valence-corrected chi connectivity index (χ1v) is 2.86. The van der Waals surface area contributed by atoms with E-state index in [0.717, 1.165) is 18.8 Å². The van der Waals surface area contributed by atoms with Crippen LogP contribution in [0.5, 0.6) is 0 Å². The van der Waals surface area contributed by atoms with E-state index in [9.17, 15) is 0 Å². The van der Waals surface area contributed by atoms with Crippen LogP contribution in [0.4, 0.5) is 0 Å². The van der Waals surface area contributed by atoms with Gasteiger partial charge < -0.3 is 15.8 Å². The minimum atomic E-state index is 0.853. The lowest BCUT2D eigenvalue weighted by Gasteiger charge is -1.94. The van der Waals surface area contributed by atoms with Crippen molar-refractivity contribution in [2.45, 2.75) is 6.42 Å². The molecule has 1 saturated heterocycles. The van der Waals surface area contributed by atoms with Gasteiger partial charge in [0.2, 0.25) is 0 Å². The Labute approximate surface area is 58.2 Å². The second kappa shape index (κ2) is 2.94. The summed E-state index contributed by atoms with van der Waals surface area (Å²) in [7, 11) is 0. The minimum absolute atomic E-state index is 0.853. The summed E-state index contributed by atoms with van der Waals surface area (Å²) in [6.07, 6.45) is 5.26. The van der Waals surface area contributed by atoms with Crippen molar-refractivity contribution >= 4 is 0 Å². The van der Waals surface area contributed by atoms with Crippen LogP contribution >= 0.6 is 0 Å². The Morgan fingerprint density at radius 2 is 2.10 bits per heavy atom. The predicted octanol–water partition coefficient (Wildman–Crippen LogP) is 2.10. The van der Waals surface area contributed by atoms with Crippen molar-refractivity contribution in [2.75, 3.05) is 6.61 Å². The molecule has 0 saturated carbocycles. The van der Waals surface area contributed by atoms with Gasteiger partial charge in [-0.1, -0.05) is 6.08 Å². The molecule has 2 bridgehead atoms. The Kier molecular flexibility index (Phi) is 1.97. The van der Waals surface area contributed by atoms with Crippen molar-refractivity contribution in [1.82, 2.24) is 0 Å². The first-order chi connectivity index (χ1) is 4.86. The number of allylic oxidation sites excluding steroid dienone is 3. The number of ether oxygens (including phenoxy) is 1. The highest BCUT2D eigenvalue weighted by atomic mass is 16.5. The summed E-state index contributed by atoms with van der Waals surface area (Å²) >= 11 is 0. The zero-order valence-electron chi connectivity index (χ0n) is 5.32. The second-order valence-electron chi connectivity index (χ2n) is 2.01. The zero-order valence-corrected chi connectivity index (χ0v) is 5.32. The quantitative estimate of drug-likeness (QED) is 0.285. The fourth-order valence-electron chi connectivity index (χ4n) is 0.936. The van der Waals surface area contributed by atoms with E-state index in [0.29, 0.717) is 0 Å². The van der Waals surface area contributed by atoms with Gasteiger partial charge in [0.15, 0.2) is 0 Å². The third-order valence-corrected chi connectivity index (χ3v) is 1.35. The highest BCUT2D eigenvalue weighted by molar-refractivity contribution is 5.31. The Hall–Kier alpha value is -1.41. The summed E-state index contributed by atoms with van der Waals surface area (Å²) in [5.74, 6) is 1.15. The van der Waals surface area contributed by atoms with Crippen LogP contribution in [0, 0.1) is 0 Å². The van der Waals surface area contributed by atoms with E-state index in [1.54, 1.807) is 0 Å². The Bertz CT molecular complexity index is 205. The van der Waals surface area contributed by atoms with Crippen LogP contribution in [-0.4, -0.2) is 6.61 Å². The molecule has 0 aromatic heterocycles. The van der Waals surface area contributed by atoms with E-state index < -0.39 is 0 Å². The standard InChI is InChI=1S/C6H6O.N3/c1-2-6-3-5(1)4-7-6;1-3-2/h1-2H,3-4H2;/q;-1. The summed E-state index contributed by atoms with van der Waals surface area (Å²) in [5.41, 5.74) is 14.9. The largest absolute Gasteiger partial charge is 0.493 e. The summed E-state index contributed by atoms with van der Waals surface area (Å²) in [4.78, 5) is 1.50. The maximum absolute atomic E-state index is 6.75. The third kappa shape index (κ3) is 1.30. The maximum atomic E-state index is 6.75. The van der Waals surface area contributed by atoms with Crippen molar-refractivity contribution in [3.05, 3.63) is 39.5 Å². The van der Waals surface area contributed by atoms with E-state index in [1.807, 2.05) is 6.08 Å². The molecule has 4 heteroatoms. The summed E-state index contributed by atoms with van der Waals surface area (Å²) < 4.78 is 5.14. The predicted molar refractivity (Wildman–Crippen MR) is 36.8 cm³/mol. The molecule has 0 unspecified atom stereocenters. The number of hydrogen-bond donors (Lipinski definition) is 0. The van der Waals surface area contributed by atoms with Gasteiger partial charge in [-0.05, 0) is 11.6 Å². The number of rotatable bonds is 0. The molecule has 1 heterocycles. The van der Waals surface area contributed by atoms with E-state index in [-0.39, 0.29) is 0 Å². The molecular weight excluding hydrogens is 130 g/mol. The molecule has 0 aromatic carbocycles. The lowest BCUT2D eigenvalue weighted by molar-refractivity contribution is 0.272. The van der Waals surface area contributed by atoms with Crippen LogP contribution in [0.25, 0.3) is 16.0 Å². The van der Waals surface area contributed by atoms with Crippen LogP contribution in [-0.2, 0) is 4.74 Å². The van der Waals surface area contributed by atoms with Gasteiger partial charge in [0, 0.05) is 6.42 Å².